The summed E-state index contributed by atoms with van der Waals surface area (Å²) in [5.74, 6) is -0.638. The molecule has 0 atom stereocenters. The second kappa shape index (κ2) is 6.85. The summed E-state index contributed by atoms with van der Waals surface area (Å²) in [5, 5.41) is 13.6. The summed E-state index contributed by atoms with van der Waals surface area (Å²) in [5.41, 5.74) is 0.629. The predicted molar refractivity (Wildman–Crippen MR) is 92.1 cm³/mol. The summed E-state index contributed by atoms with van der Waals surface area (Å²) in [6, 6.07) is 8.91. The topological polar surface area (TPSA) is 104 Å². The van der Waals surface area contributed by atoms with Crippen LogP contribution in [0.3, 0.4) is 0 Å². The van der Waals surface area contributed by atoms with Crippen molar-refractivity contribution in [1.82, 2.24) is 9.46 Å². The van der Waals surface area contributed by atoms with E-state index in [4.69, 9.17) is 4.52 Å². The summed E-state index contributed by atoms with van der Waals surface area (Å²) >= 11 is 0. The minimum absolute atomic E-state index is 0.00185. The molecule has 0 aliphatic carbocycles. The van der Waals surface area contributed by atoms with Crippen LogP contribution in [-0.2, 0) is 10.0 Å². The number of hydrogen-bond acceptors (Lipinski definition) is 6. The number of aromatic carboxylic acids is 1. The summed E-state index contributed by atoms with van der Waals surface area (Å²) in [6.07, 6.45) is 0. The fourth-order valence-electron chi connectivity index (χ4n) is 2.84. The Bertz CT molecular complexity index is 855. The van der Waals surface area contributed by atoms with Gasteiger partial charge >= 0.3 is 5.97 Å². The molecule has 0 spiro atoms. The molecule has 2 aromatic rings. The van der Waals surface area contributed by atoms with Gasteiger partial charge in [-0.05, 0) is 6.92 Å². The van der Waals surface area contributed by atoms with Gasteiger partial charge in [0, 0.05) is 31.7 Å². The largest absolute Gasteiger partial charge is 0.477 e. The fourth-order valence-corrected chi connectivity index (χ4v) is 3.92. The normalized spacial score (nSPS) is 16.1. The van der Waals surface area contributed by atoms with Crippen LogP contribution in [0.25, 0.3) is 11.3 Å². The van der Waals surface area contributed by atoms with E-state index in [1.54, 1.807) is 36.1 Å². The molecule has 2 heterocycles. The van der Waals surface area contributed by atoms with Crippen LogP contribution in [-0.4, -0.2) is 60.9 Å². The lowest BCUT2D eigenvalue weighted by molar-refractivity contribution is 0.0697. The Kier molecular flexibility index (Phi) is 4.78. The number of benzene rings is 1. The van der Waals surface area contributed by atoms with Crippen LogP contribution in [0.1, 0.15) is 17.3 Å². The van der Waals surface area contributed by atoms with Crippen LogP contribution in [0.4, 0.5) is 5.82 Å². The second-order valence-corrected chi connectivity index (χ2v) is 7.93. The number of aromatic nitrogens is 1. The summed E-state index contributed by atoms with van der Waals surface area (Å²) in [4.78, 5) is 13.5. The highest BCUT2D eigenvalue weighted by atomic mass is 32.2. The first-order chi connectivity index (χ1) is 11.9. The summed E-state index contributed by atoms with van der Waals surface area (Å²) < 4.78 is 30.6. The molecule has 25 heavy (non-hydrogen) atoms. The van der Waals surface area contributed by atoms with Gasteiger partial charge in [-0.3, -0.25) is 0 Å². The molecule has 3 rings (SSSR count). The number of carboxylic acid groups (broad SMARTS) is 1. The molecule has 0 saturated carbocycles. The van der Waals surface area contributed by atoms with E-state index in [2.05, 4.69) is 5.16 Å². The number of sulfonamides is 1. The van der Waals surface area contributed by atoms with Crippen LogP contribution < -0.4 is 4.90 Å². The lowest BCUT2D eigenvalue weighted by atomic mass is 10.1. The molecular formula is C16H19N3O5S. The van der Waals surface area contributed by atoms with Gasteiger partial charge in [0.25, 0.3) is 0 Å². The van der Waals surface area contributed by atoms with E-state index in [9.17, 15) is 18.3 Å². The number of carbonyl (C=O) groups is 1. The average molecular weight is 365 g/mol. The van der Waals surface area contributed by atoms with Crippen LogP contribution in [0.2, 0.25) is 0 Å². The first-order valence-corrected chi connectivity index (χ1v) is 9.56. The highest BCUT2D eigenvalue weighted by molar-refractivity contribution is 7.89. The maximum atomic E-state index is 11.9. The standard InChI is InChI=1S/C16H19N3O5S/c1-2-25(22,23)19-10-8-18(9-11-19)15-13(16(20)21)14(24-17-15)12-6-4-3-5-7-12/h3-7H,2,8-11H2,1H3,(H,20,21). The first kappa shape index (κ1) is 17.4. The first-order valence-electron chi connectivity index (χ1n) is 7.95. The lowest BCUT2D eigenvalue weighted by Crippen LogP contribution is -2.49. The van der Waals surface area contributed by atoms with Crippen molar-refractivity contribution < 1.29 is 22.8 Å². The molecule has 1 aliphatic heterocycles. The molecule has 1 saturated heterocycles. The number of carboxylic acids is 1. The van der Waals surface area contributed by atoms with Gasteiger partial charge in [-0.1, -0.05) is 35.5 Å². The van der Waals surface area contributed by atoms with Crippen molar-refractivity contribution in [2.24, 2.45) is 0 Å². The van der Waals surface area contributed by atoms with Crippen LogP contribution in [0.5, 0.6) is 0 Å². The quantitative estimate of drug-likeness (QED) is 0.856. The van der Waals surface area contributed by atoms with Gasteiger partial charge in [-0.15, -0.1) is 0 Å². The number of piperazine rings is 1. The molecule has 8 nitrogen and oxygen atoms in total. The van der Waals surface area contributed by atoms with E-state index >= 15 is 0 Å². The molecule has 9 heteroatoms. The van der Waals surface area contributed by atoms with Crippen LogP contribution in [0, 0.1) is 0 Å². The molecule has 1 aromatic carbocycles. The molecule has 1 N–H and O–H groups in total. The Morgan fingerprint density at radius 3 is 2.40 bits per heavy atom. The molecule has 1 fully saturated rings. The monoisotopic (exact) mass is 365 g/mol. The highest BCUT2D eigenvalue weighted by Crippen LogP contribution is 2.32. The zero-order valence-electron chi connectivity index (χ0n) is 13.8. The third-order valence-corrected chi connectivity index (χ3v) is 6.10. The third-order valence-electron chi connectivity index (χ3n) is 4.22. The van der Waals surface area contributed by atoms with Gasteiger partial charge in [-0.2, -0.15) is 4.31 Å². The third kappa shape index (κ3) is 3.38. The van der Waals surface area contributed by atoms with E-state index in [1.165, 1.54) is 4.31 Å². The Hall–Kier alpha value is -2.39. The van der Waals surface area contributed by atoms with Gasteiger partial charge in [0.1, 0.15) is 0 Å². The highest BCUT2D eigenvalue weighted by Gasteiger charge is 2.31. The van der Waals surface area contributed by atoms with Gasteiger partial charge in [-0.25, -0.2) is 13.2 Å². The van der Waals surface area contributed by atoms with E-state index in [-0.39, 0.29) is 22.9 Å². The summed E-state index contributed by atoms with van der Waals surface area (Å²) in [7, 11) is -3.24. The molecule has 0 unspecified atom stereocenters. The van der Waals surface area contributed by atoms with Crippen molar-refractivity contribution in [1.29, 1.82) is 0 Å². The average Bonchev–Trinajstić information content (AvgIpc) is 3.08. The van der Waals surface area contributed by atoms with Crippen molar-refractivity contribution in [2.45, 2.75) is 6.92 Å². The molecule has 0 amide bonds. The fraction of sp³-hybridized carbons (Fsp3) is 0.375. The molecule has 1 aliphatic rings. The van der Waals surface area contributed by atoms with Crippen molar-refractivity contribution in [3.05, 3.63) is 35.9 Å². The Balaban J connectivity index is 1.87. The second-order valence-electron chi connectivity index (χ2n) is 5.67. The SMILES string of the molecule is CCS(=O)(=O)N1CCN(c2noc(-c3ccccc3)c2C(=O)O)CC1. The van der Waals surface area contributed by atoms with E-state index in [0.717, 1.165) is 0 Å². The van der Waals surface area contributed by atoms with Gasteiger partial charge in [0.2, 0.25) is 10.0 Å². The minimum Gasteiger partial charge on any atom is -0.477 e. The lowest BCUT2D eigenvalue weighted by Gasteiger charge is -2.33. The minimum atomic E-state index is -3.24. The Morgan fingerprint density at radius 1 is 1.20 bits per heavy atom. The smallest absolute Gasteiger partial charge is 0.343 e. The maximum Gasteiger partial charge on any atom is 0.343 e. The van der Waals surface area contributed by atoms with E-state index in [0.29, 0.717) is 31.7 Å². The van der Waals surface area contributed by atoms with Crippen LogP contribution >= 0.6 is 0 Å². The maximum absolute atomic E-state index is 11.9. The summed E-state index contributed by atoms with van der Waals surface area (Å²) in [6.45, 7) is 2.92. The molecular weight excluding hydrogens is 346 g/mol. The Morgan fingerprint density at radius 2 is 1.84 bits per heavy atom. The molecule has 134 valence electrons. The molecule has 0 radical (unpaired) electrons. The van der Waals surface area contributed by atoms with Gasteiger partial charge in [0.15, 0.2) is 17.1 Å². The van der Waals surface area contributed by atoms with Crippen LogP contribution in [0.15, 0.2) is 34.9 Å². The van der Waals surface area contributed by atoms with Gasteiger partial charge < -0.3 is 14.5 Å². The van der Waals surface area contributed by atoms with Crippen molar-refractivity contribution in [2.75, 3.05) is 36.8 Å². The number of nitrogens with zero attached hydrogens (tertiary/aromatic N) is 3. The van der Waals surface area contributed by atoms with Crippen molar-refractivity contribution in [3.8, 4) is 11.3 Å². The van der Waals surface area contributed by atoms with Crippen molar-refractivity contribution in [3.63, 3.8) is 0 Å². The van der Waals surface area contributed by atoms with E-state index in [1.807, 2.05) is 6.07 Å². The zero-order valence-corrected chi connectivity index (χ0v) is 14.6. The number of rotatable bonds is 5. The Labute approximate surface area is 145 Å². The van der Waals surface area contributed by atoms with E-state index < -0.39 is 16.0 Å². The zero-order chi connectivity index (χ0) is 18.0. The van der Waals surface area contributed by atoms with Crippen molar-refractivity contribution >= 4 is 21.8 Å². The predicted octanol–water partition coefficient (Wildman–Crippen LogP) is 1.51. The molecule has 1 aromatic heterocycles. The van der Waals surface area contributed by atoms with Gasteiger partial charge in [0.05, 0.1) is 5.75 Å². The molecule has 0 bridgehead atoms. The number of anilines is 1. The number of hydrogen-bond donors (Lipinski definition) is 1.